The van der Waals surface area contributed by atoms with Gasteiger partial charge in [-0.05, 0) is 30.7 Å². The second kappa shape index (κ2) is 5.89. The van der Waals surface area contributed by atoms with Crippen LogP contribution in [0.25, 0.3) is 11.5 Å². The molecule has 0 bridgehead atoms. The Balaban J connectivity index is 1.47. The number of nitrogens with one attached hydrogen (secondary N) is 1. The standard InChI is InChI=1S/C18H16N2O3S/c21-24(22,14-9-5-2-6-10-14)20-16-11-15(16)17-12-23-18(19-17)13-7-3-1-4-8-13/h1-10,12,15-16,20H,11H2. The molecule has 1 N–H and O–H groups in total. The molecule has 1 aliphatic carbocycles. The highest BCUT2D eigenvalue weighted by Gasteiger charge is 2.43. The Bertz CT molecular complexity index is 937. The summed E-state index contributed by atoms with van der Waals surface area (Å²) < 4.78 is 32.9. The quantitative estimate of drug-likeness (QED) is 0.774. The number of benzene rings is 2. The summed E-state index contributed by atoms with van der Waals surface area (Å²) in [4.78, 5) is 4.77. The van der Waals surface area contributed by atoms with Gasteiger partial charge in [-0.25, -0.2) is 18.1 Å². The van der Waals surface area contributed by atoms with Crippen LogP contribution in [0.4, 0.5) is 0 Å². The molecule has 0 amide bonds. The summed E-state index contributed by atoms with van der Waals surface area (Å²) in [6.45, 7) is 0. The smallest absolute Gasteiger partial charge is 0.240 e. The molecule has 1 fully saturated rings. The van der Waals surface area contributed by atoms with E-state index in [4.69, 9.17) is 4.42 Å². The SMILES string of the molecule is O=S(=O)(NC1CC1c1coc(-c2ccccc2)n1)c1ccccc1. The molecule has 6 heteroatoms. The molecule has 0 spiro atoms. The predicted molar refractivity (Wildman–Crippen MR) is 89.8 cm³/mol. The number of sulfonamides is 1. The predicted octanol–water partition coefficient (Wildman–Crippen LogP) is 3.18. The van der Waals surface area contributed by atoms with Gasteiger partial charge >= 0.3 is 0 Å². The lowest BCUT2D eigenvalue weighted by molar-refractivity contribution is 0.571. The summed E-state index contributed by atoms with van der Waals surface area (Å²) in [6, 6.07) is 17.9. The van der Waals surface area contributed by atoms with Crippen molar-refractivity contribution < 1.29 is 12.8 Å². The van der Waals surface area contributed by atoms with E-state index in [0.717, 1.165) is 17.7 Å². The molecule has 1 aliphatic rings. The van der Waals surface area contributed by atoms with Crippen molar-refractivity contribution in [3.8, 4) is 11.5 Å². The van der Waals surface area contributed by atoms with Gasteiger partial charge in [0.2, 0.25) is 15.9 Å². The fourth-order valence-electron chi connectivity index (χ4n) is 2.69. The Hall–Kier alpha value is -2.44. The Morgan fingerprint density at radius 3 is 2.38 bits per heavy atom. The summed E-state index contributed by atoms with van der Waals surface area (Å²) in [5.41, 5.74) is 1.69. The van der Waals surface area contributed by atoms with E-state index in [0.29, 0.717) is 5.89 Å². The highest BCUT2D eigenvalue weighted by Crippen LogP contribution is 2.41. The molecule has 0 aliphatic heterocycles. The monoisotopic (exact) mass is 340 g/mol. The number of nitrogens with zero attached hydrogens (tertiary/aromatic N) is 1. The third-order valence-corrected chi connectivity index (χ3v) is 5.58. The van der Waals surface area contributed by atoms with E-state index in [9.17, 15) is 8.42 Å². The molecular formula is C18H16N2O3S. The van der Waals surface area contributed by atoms with Crippen LogP contribution in [-0.2, 0) is 10.0 Å². The lowest BCUT2D eigenvalue weighted by atomic mass is 10.2. The largest absolute Gasteiger partial charge is 0.444 e. The maximum atomic E-state index is 12.3. The molecule has 2 atom stereocenters. The van der Waals surface area contributed by atoms with Crippen molar-refractivity contribution in [2.24, 2.45) is 0 Å². The van der Waals surface area contributed by atoms with Crippen LogP contribution in [-0.4, -0.2) is 19.4 Å². The van der Waals surface area contributed by atoms with E-state index in [1.165, 1.54) is 0 Å². The second-order valence-corrected chi connectivity index (χ2v) is 7.54. The number of rotatable bonds is 5. The average molecular weight is 340 g/mol. The van der Waals surface area contributed by atoms with Crippen LogP contribution >= 0.6 is 0 Å². The molecule has 4 rings (SSSR count). The number of hydrogen-bond acceptors (Lipinski definition) is 4. The van der Waals surface area contributed by atoms with Crippen molar-refractivity contribution in [1.29, 1.82) is 0 Å². The first-order valence-electron chi connectivity index (χ1n) is 7.72. The van der Waals surface area contributed by atoms with Crippen molar-refractivity contribution in [2.45, 2.75) is 23.3 Å². The average Bonchev–Trinajstić information content (AvgIpc) is 3.18. The van der Waals surface area contributed by atoms with Crippen LogP contribution in [0.15, 0.2) is 76.2 Å². The summed E-state index contributed by atoms with van der Waals surface area (Å²) in [5, 5.41) is 0. The first-order valence-corrected chi connectivity index (χ1v) is 9.20. The van der Waals surface area contributed by atoms with Gasteiger partial charge in [-0.1, -0.05) is 36.4 Å². The van der Waals surface area contributed by atoms with Crippen LogP contribution < -0.4 is 4.72 Å². The molecule has 2 unspecified atom stereocenters. The van der Waals surface area contributed by atoms with Crippen molar-refractivity contribution >= 4 is 10.0 Å². The lowest BCUT2D eigenvalue weighted by Gasteiger charge is -2.05. The van der Waals surface area contributed by atoms with E-state index in [1.54, 1.807) is 36.6 Å². The van der Waals surface area contributed by atoms with Gasteiger partial charge < -0.3 is 4.42 Å². The minimum atomic E-state index is -3.49. The van der Waals surface area contributed by atoms with Crippen LogP contribution in [0, 0.1) is 0 Å². The van der Waals surface area contributed by atoms with Crippen molar-refractivity contribution in [3.63, 3.8) is 0 Å². The maximum absolute atomic E-state index is 12.3. The molecule has 24 heavy (non-hydrogen) atoms. The van der Waals surface area contributed by atoms with E-state index in [-0.39, 0.29) is 16.9 Å². The van der Waals surface area contributed by atoms with E-state index < -0.39 is 10.0 Å². The fraction of sp³-hybridized carbons (Fsp3) is 0.167. The first kappa shape index (κ1) is 15.1. The highest BCUT2D eigenvalue weighted by molar-refractivity contribution is 7.89. The topological polar surface area (TPSA) is 72.2 Å². The number of oxazole rings is 1. The van der Waals surface area contributed by atoms with Gasteiger partial charge in [-0.2, -0.15) is 0 Å². The minimum absolute atomic E-state index is 0.0599. The zero-order valence-electron chi connectivity index (χ0n) is 12.8. The third-order valence-electron chi connectivity index (χ3n) is 4.07. The molecular weight excluding hydrogens is 324 g/mol. The molecule has 0 saturated heterocycles. The van der Waals surface area contributed by atoms with Gasteiger partial charge in [0.15, 0.2) is 0 Å². The maximum Gasteiger partial charge on any atom is 0.240 e. The molecule has 3 aromatic rings. The Morgan fingerprint density at radius 2 is 1.67 bits per heavy atom. The molecule has 1 aromatic heterocycles. The van der Waals surface area contributed by atoms with Gasteiger partial charge in [-0.15, -0.1) is 0 Å². The van der Waals surface area contributed by atoms with Crippen molar-refractivity contribution in [3.05, 3.63) is 72.6 Å². The summed E-state index contributed by atoms with van der Waals surface area (Å²) in [5.74, 6) is 0.617. The van der Waals surface area contributed by atoms with Crippen LogP contribution in [0.3, 0.4) is 0 Å². The summed E-state index contributed by atoms with van der Waals surface area (Å²) >= 11 is 0. The van der Waals surface area contributed by atoms with E-state index in [2.05, 4.69) is 9.71 Å². The van der Waals surface area contributed by atoms with Gasteiger partial charge in [-0.3, -0.25) is 0 Å². The fourth-order valence-corrected chi connectivity index (χ4v) is 4.00. The van der Waals surface area contributed by atoms with Gasteiger partial charge in [0.05, 0.1) is 10.6 Å². The van der Waals surface area contributed by atoms with Crippen LogP contribution in [0.5, 0.6) is 0 Å². The van der Waals surface area contributed by atoms with Gasteiger partial charge in [0.25, 0.3) is 0 Å². The first-order chi connectivity index (χ1) is 11.6. The summed E-state index contributed by atoms with van der Waals surface area (Å²) in [6.07, 6.45) is 2.34. The zero-order chi connectivity index (χ0) is 16.6. The molecule has 1 saturated carbocycles. The molecule has 1 heterocycles. The molecule has 5 nitrogen and oxygen atoms in total. The Morgan fingerprint density at radius 1 is 1.00 bits per heavy atom. The molecule has 122 valence electrons. The highest BCUT2D eigenvalue weighted by atomic mass is 32.2. The molecule has 2 aromatic carbocycles. The van der Waals surface area contributed by atoms with Crippen LogP contribution in [0.1, 0.15) is 18.0 Å². The third kappa shape index (κ3) is 2.98. The van der Waals surface area contributed by atoms with E-state index >= 15 is 0 Å². The second-order valence-electron chi connectivity index (χ2n) is 5.83. The Labute approximate surface area is 140 Å². The molecule has 0 radical (unpaired) electrons. The normalized spacial score (nSPS) is 20.0. The van der Waals surface area contributed by atoms with Gasteiger partial charge in [0, 0.05) is 17.5 Å². The number of aromatic nitrogens is 1. The zero-order valence-corrected chi connectivity index (χ0v) is 13.6. The summed E-state index contributed by atoms with van der Waals surface area (Å²) in [7, 11) is -3.49. The lowest BCUT2D eigenvalue weighted by Crippen LogP contribution is -2.26. The van der Waals surface area contributed by atoms with Crippen molar-refractivity contribution in [1.82, 2.24) is 9.71 Å². The van der Waals surface area contributed by atoms with Gasteiger partial charge in [0.1, 0.15) is 6.26 Å². The van der Waals surface area contributed by atoms with E-state index in [1.807, 2.05) is 30.3 Å². The number of hydrogen-bond donors (Lipinski definition) is 1. The van der Waals surface area contributed by atoms with Crippen molar-refractivity contribution in [2.75, 3.05) is 0 Å². The van der Waals surface area contributed by atoms with Crippen LogP contribution in [0.2, 0.25) is 0 Å². The Kier molecular flexibility index (Phi) is 3.70. The minimum Gasteiger partial charge on any atom is -0.444 e.